The molecule has 4 nitrogen and oxygen atoms in total. The lowest BCUT2D eigenvalue weighted by atomic mass is 10.1. The van der Waals surface area contributed by atoms with Crippen LogP contribution in [-0.4, -0.2) is 30.9 Å². The first-order valence-corrected chi connectivity index (χ1v) is 6.01. The first kappa shape index (κ1) is 12.6. The number of carbonyl (C=O) groups excluding carboxylic acids is 1. The Labute approximate surface area is 107 Å². The van der Waals surface area contributed by atoms with Crippen LogP contribution >= 0.6 is 0 Å². The van der Waals surface area contributed by atoms with Gasteiger partial charge in [0.15, 0.2) is 0 Å². The van der Waals surface area contributed by atoms with Gasteiger partial charge in [0.25, 0.3) is 0 Å². The number of fused-ring (bicyclic) bond motifs is 1. The van der Waals surface area contributed by atoms with Crippen molar-refractivity contribution in [1.82, 2.24) is 4.90 Å². The van der Waals surface area contributed by atoms with E-state index >= 15 is 0 Å². The number of anilines is 1. The van der Waals surface area contributed by atoms with Crippen molar-refractivity contribution >= 4 is 11.6 Å². The molecule has 0 bridgehead atoms. The number of likely N-dealkylation sites (N-methyl/N-ethyl adjacent to an activating group) is 1. The molecule has 1 unspecified atom stereocenters. The van der Waals surface area contributed by atoms with Crippen LogP contribution in [0.2, 0.25) is 0 Å². The lowest BCUT2D eigenvalue weighted by Gasteiger charge is -2.19. The highest BCUT2D eigenvalue weighted by molar-refractivity contribution is 6.00. The zero-order chi connectivity index (χ0) is 13.3. The molecule has 1 heterocycles. The van der Waals surface area contributed by atoms with E-state index in [0.29, 0.717) is 6.42 Å². The Bertz CT molecular complexity index is 518. The molecular weight excluding hydrogens is 226 g/mol. The van der Waals surface area contributed by atoms with Crippen molar-refractivity contribution in [3.8, 4) is 6.07 Å². The number of amides is 1. The monoisotopic (exact) mass is 243 g/mol. The molecule has 0 aliphatic carbocycles. The number of benzene rings is 1. The predicted octanol–water partition coefficient (Wildman–Crippen LogP) is 1.55. The summed E-state index contributed by atoms with van der Waals surface area (Å²) in [7, 11) is 3.73. The van der Waals surface area contributed by atoms with E-state index in [-0.39, 0.29) is 11.9 Å². The lowest BCUT2D eigenvalue weighted by Crippen LogP contribution is -2.27. The molecule has 0 spiro atoms. The zero-order valence-electron chi connectivity index (χ0n) is 11.0. The Kier molecular flexibility index (Phi) is 3.35. The maximum Gasteiger partial charge on any atom is 0.231 e. The molecule has 1 aliphatic heterocycles. The van der Waals surface area contributed by atoms with Gasteiger partial charge in [-0.05, 0) is 31.2 Å². The van der Waals surface area contributed by atoms with Crippen molar-refractivity contribution in [3.05, 3.63) is 29.3 Å². The smallest absolute Gasteiger partial charge is 0.231 e. The summed E-state index contributed by atoms with van der Waals surface area (Å²) >= 11 is 0. The molecule has 1 aromatic carbocycles. The Morgan fingerprint density at radius 3 is 2.94 bits per heavy atom. The lowest BCUT2D eigenvalue weighted by molar-refractivity contribution is -0.117. The third-order valence-electron chi connectivity index (χ3n) is 3.50. The molecule has 0 N–H and O–H groups in total. The molecule has 4 heteroatoms. The van der Waals surface area contributed by atoms with Crippen molar-refractivity contribution in [1.29, 1.82) is 5.26 Å². The van der Waals surface area contributed by atoms with Gasteiger partial charge in [0.2, 0.25) is 5.91 Å². The summed E-state index contributed by atoms with van der Waals surface area (Å²) in [6.45, 7) is 2.60. The van der Waals surface area contributed by atoms with Gasteiger partial charge in [-0.3, -0.25) is 9.69 Å². The fraction of sp³-hybridized carbons (Fsp3) is 0.429. The van der Waals surface area contributed by atoms with Crippen molar-refractivity contribution in [2.75, 3.05) is 19.0 Å². The number of hydrogen-bond acceptors (Lipinski definition) is 3. The van der Waals surface area contributed by atoms with Crippen LogP contribution in [0.3, 0.4) is 0 Å². The first-order valence-electron chi connectivity index (χ1n) is 6.01. The third-order valence-corrected chi connectivity index (χ3v) is 3.50. The van der Waals surface area contributed by atoms with Gasteiger partial charge in [-0.2, -0.15) is 5.26 Å². The molecule has 1 aromatic rings. The molecule has 18 heavy (non-hydrogen) atoms. The van der Waals surface area contributed by atoms with E-state index in [2.05, 4.69) is 12.1 Å². The van der Waals surface area contributed by atoms with Crippen LogP contribution in [0.25, 0.3) is 0 Å². The van der Waals surface area contributed by atoms with E-state index in [0.717, 1.165) is 23.4 Å². The van der Waals surface area contributed by atoms with Gasteiger partial charge in [-0.15, -0.1) is 0 Å². The van der Waals surface area contributed by atoms with Gasteiger partial charge in [0.05, 0.1) is 18.5 Å². The molecule has 1 atom stereocenters. The van der Waals surface area contributed by atoms with E-state index in [1.54, 1.807) is 11.9 Å². The normalized spacial score (nSPS) is 15.7. The molecule has 0 radical (unpaired) electrons. The second-order valence-electron chi connectivity index (χ2n) is 4.81. The highest BCUT2D eigenvalue weighted by atomic mass is 16.2. The summed E-state index contributed by atoms with van der Waals surface area (Å²) in [6.07, 6.45) is 0.483. The van der Waals surface area contributed by atoms with Crippen LogP contribution in [0, 0.1) is 11.3 Å². The second-order valence-corrected chi connectivity index (χ2v) is 4.81. The summed E-state index contributed by atoms with van der Waals surface area (Å²) in [5, 5.41) is 8.86. The standard InChI is InChI=1S/C14H17N3O/c1-10(8-15)16(2)9-11-4-5-13-12(6-11)7-14(18)17(13)3/h4-6,10H,7,9H2,1-3H3. The Hall–Kier alpha value is -1.86. The van der Waals surface area contributed by atoms with Gasteiger partial charge >= 0.3 is 0 Å². The average Bonchev–Trinajstić information content (AvgIpc) is 2.63. The Morgan fingerprint density at radius 2 is 2.28 bits per heavy atom. The molecule has 1 amide bonds. The number of nitriles is 1. The highest BCUT2D eigenvalue weighted by Gasteiger charge is 2.24. The minimum atomic E-state index is -0.109. The minimum Gasteiger partial charge on any atom is -0.315 e. The van der Waals surface area contributed by atoms with Crippen LogP contribution in [0.5, 0.6) is 0 Å². The molecule has 0 aromatic heterocycles. The molecule has 0 fully saturated rings. The van der Waals surface area contributed by atoms with E-state index in [9.17, 15) is 4.79 Å². The van der Waals surface area contributed by atoms with Crippen LogP contribution in [0.1, 0.15) is 18.1 Å². The number of rotatable bonds is 3. The number of nitrogens with zero attached hydrogens (tertiary/aromatic N) is 3. The average molecular weight is 243 g/mol. The Morgan fingerprint density at radius 1 is 1.56 bits per heavy atom. The predicted molar refractivity (Wildman–Crippen MR) is 70.1 cm³/mol. The van der Waals surface area contributed by atoms with Crippen molar-refractivity contribution in [2.45, 2.75) is 25.9 Å². The maximum atomic E-state index is 11.6. The minimum absolute atomic E-state index is 0.109. The molecular formula is C14H17N3O. The molecule has 0 saturated heterocycles. The first-order chi connectivity index (χ1) is 8.52. The van der Waals surface area contributed by atoms with Crippen LogP contribution < -0.4 is 4.90 Å². The highest BCUT2D eigenvalue weighted by Crippen LogP contribution is 2.28. The van der Waals surface area contributed by atoms with Gasteiger partial charge in [0, 0.05) is 19.3 Å². The maximum absolute atomic E-state index is 11.6. The van der Waals surface area contributed by atoms with E-state index in [4.69, 9.17) is 5.26 Å². The van der Waals surface area contributed by atoms with E-state index in [1.165, 1.54) is 0 Å². The molecule has 2 rings (SSSR count). The molecule has 94 valence electrons. The van der Waals surface area contributed by atoms with Crippen LogP contribution in [0.4, 0.5) is 5.69 Å². The zero-order valence-corrected chi connectivity index (χ0v) is 11.0. The van der Waals surface area contributed by atoms with Gasteiger partial charge in [0.1, 0.15) is 0 Å². The summed E-state index contributed by atoms with van der Waals surface area (Å²) in [5.41, 5.74) is 3.22. The topological polar surface area (TPSA) is 47.3 Å². The van der Waals surface area contributed by atoms with Crippen LogP contribution in [0.15, 0.2) is 18.2 Å². The fourth-order valence-electron chi connectivity index (χ4n) is 2.15. The third kappa shape index (κ3) is 2.22. The largest absolute Gasteiger partial charge is 0.315 e. The van der Waals surface area contributed by atoms with Crippen molar-refractivity contribution in [2.24, 2.45) is 0 Å². The fourth-order valence-corrected chi connectivity index (χ4v) is 2.15. The van der Waals surface area contributed by atoms with Crippen molar-refractivity contribution in [3.63, 3.8) is 0 Å². The number of carbonyl (C=O) groups is 1. The summed E-state index contributed by atoms with van der Waals surface area (Å²) < 4.78 is 0. The van der Waals surface area contributed by atoms with E-state index < -0.39 is 0 Å². The van der Waals surface area contributed by atoms with Gasteiger partial charge < -0.3 is 4.90 Å². The van der Waals surface area contributed by atoms with Gasteiger partial charge in [-0.1, -0.05) is 12.1 Å². The molecule has 1 aliphatic rings. The van der Waals surface area contributed by atoms with E-state index in [1.807, 2.05) is 31.0 Å². The second kappa shape index (κ2) is 4.79. The summed E-state index contributed by atoms with van der Waals surface area (Å²) in [6, 6.07) is 8.18. The quantitative estimate of drug-likeness (QED) is 0.809. The Balaban J connectivity index is 2.17. The van der Waals surface area contributed by atoms with Crippen molar-refractivity contribution < 1.29 is 4.79 Å². The van der Waals surface area contributed by atoms with Crippen LogP contribution in [-0.2, 0) is 17.8 Å². The summed E-state index contributed by atoms with van der Waals surface area (Å²) in [4.78, 5) is 15.3. The SMILES string of the molecule is CC(C#N)N(C)Cc1ccc2c(c1)CC(=O)N2C. The number of hydrogen-bond donors (Lipinski definition) is 0. The van der Waals surface area contributed by atoms with Gasteiger partial charge in [-0.25, -0.2) is 0 Å². The summed E-state index contributed by atoms with van der Waals surface area (Å²) in [5.74, 6) is 0.140. The molecule has 0 saturated carbocycles.